The summed E-state index contributed by atoms with van der Waals surface area (Å²) in [4.78, 5) is 12.6. The highest BCUT2D eigenvalue weighted by Crippen LogP contribution is 2.37. The maximum Gasteiger partial charge on any atom is 0.164 e. The van der Waals surface area contributed by atoms with Gasteiger partial charge in [0.25, 0.3) is 0 Å². The molecule has 3 nitrogen and oxygen atoms in total. The van der Waals surface area contributed by atoms with Gasteiger partial charge in [-0.2, -0.15) is 0 Å². The summed E-state index contributed by atoms with van der Waals surface area (Å²) in [6.45, 7) is 0. The number of benzene rings is 3. The molecule has 2 N–H and O–H groups in total. The second-order valence-electron chi connectivity index (χ2n) is 6.76. The monoisotopic (exact) mass is 343 g/mol. The smallest absolute Gasteiger partial charge is 0.164 e. The first kappa shape index (κ1) is 16.6. The molecule has 0 fully saturated rings. The van der Waals surface area contributed by atoms with Crippen molar-refractivity contribution in [2.75, 3.05) is 0 Å². The lowest BCUT2D eigenvalue weighted by Gasteiger charge is -2.15. The average Bonchev–Trinajstić information content (AvgIpc) is 3.02. The number of aromatic hydroxyl groups is 1. The molecule has 0 aliphatic carbocycles. The van der Waals surface area contributed by atoms with Crippen LogP contribution in [0.4, 0.5) is 0 Å². The fraction of sp³-hybridized carbons (Fsp3) is 0.174. The Morgan fingerprint density at radius 3 is 2.12 bits per heavy atom. The van der Waals surface area contributed by atoms with Crippen molar-refractivity contribution in [2.45, 2.75) is 24.9 Å². The van der Waals surface area contributed by atoms with Crippen LogP contribution in [-0.4, -0.2) is 10.9 Å². The Morgan fingerprint density at radius 1 is 0.808 bits per heavy atom. The van der Waals surface area contributed by atoms with Crippen molar-refractivity contribution in [3.05, 3.63) is 101 Å². The average molecular weight is 343 g/mol. The van der Waals surface area contributed by atoms with Crippen LogP contribution >= 0.6 is 0 Å². The van der Waals surface area contributed by atoms with Crippen molar-refractivity contribution in [1.29, 1.82) is 0 Å². The van der Waals surface area contributed by atoms with E-state index in [4.69, 9.17) is 0 Å². The van der Waals surface area contributed by atoms with E-state index in [0.29, 0.717) is 6.42 Å². The molecule has 0 aromatic heterocycles. The highest BCUT2D eigenvalue weighted by molar-refractivity contribution is 5.96. The van der Waals surface area contributed by atoms with Gasteiger partial charge in [-0.1, -0.05) is 66.7 Å². The lowest BCUT2D eigenvalue weighted by molar-refractivity contribution is 0.0969. The zero-order valence-electron chi connectivity index (χ0n) is 14.4. The second-order valence-corrected chi connectivity index (χ2v) is 6.76. The number of ketones is 1. The number of nitrogens with one attached hydrogen (secondary N) is 1. The Labute approximate surface area is 153 Å². The molecule has 0 spiro atoms. The molecule has 3 aromatic rings. The molecule has 1 aliphatic heterocycles. The van der Waals surface area contributed by atoms with Gasteiger partial charge in [-0.3, -0.25) is 4.79 Å². The quantitative estimate of drug-likeness (QED) is 0.666. The number of rotatable bonds is 5. The van der Waals surface area contributed by atoms with Gasteiger partial charge in [0.2, 0.25) is 0 Å². The third kappa shape index (κ3) is 3.39. The van der Waals surface area contributed by atoms with E-state index in [1.807, 2.05) is 54.6 Å². The first-order valence-electron chi connectivity index (χ1n) is 8.92. The lowest BCUT2D eigenvalue weighted by atomic mass is 9.95. The van der Waals surface area contributed by atoms with Gasteiger partial charge in [0.05, 0.1) is 0 Å². The number of Topliss-reactive ketones (excluding diaryl/α,β-unsaturated/α-hetero) is 1. The van der Waals surface area contributed by atoms with Gasteiger partial charge in [-0.05, 0) is 35.2 Å². The summed E-state index contributed by atoms with van der Waals surface area (Å²) in [5, 5.41) is 13.1. The van der Waals surface area contributed by atoms with E-state index in [1.165, 1.54) is 11.1 Å². The van der Waals surface area contributed by atoms with Crippen molar-refractivity contribution in [1.82, 2.24) is 5.32 Å². The molecular formula is C23H21NO2. The standard InChI is InChI=1S/C23H21NO2/c25-18-12-10-16(11-13-18)14-21-19-8-4-5-9-20(19)22(24-21)15-23(26)17-6-2-1-3-7-17/h1-13,21-22,24-25H,14-15H2. The summed E-state index contributed by atoms with van der Waals surface area (Å²) in [5.41, 5.74) is 4.38. The van der Waals surface area contributed by atoms with Crippen LogP contribution in [0.2, 0.25) is 0 Å². The minimum Gasteiger partial charge on any atom is -0.508 e. The molecule has 1 aliphatic rings. The van der Waals surface area contributed by atoms with E-state index in [0.717, 1.165) is 17.5 Å². The predicted octanol–water partition coefficient (Wildman–Crippen LogP) is 4.59. The number of carbonyl (C=O) groups is 1. The van der Waals surface area contributed by atoms with E-state index in [2.05, 4.69) is 17.4 Å². The molecule has 26 heavy (non-hydrogen) atoms. The molecule has 130 valence electrons. The van der Waals surface area contributed by atoms with Gasteiger partial charge in [0.1, 0.15) is 5.75 Å². The molecule has 0 saturated carbocycles. The van der Waals surface area contributed by atoms with E-state index >= 15 is 0 Å². The molecule has 0 saturated heterocycles. The van der Waals surface area contributed by atoms with Gasteiger partial charge in [-0.15, -0.1) is 0 Å². The highest BCUT2D eigenvalue weighted by atomic mass is 16.3. The van der Waals surface area contributed by atoms with Crippen LogP contribution < -0.4 is 5.32 Å². The zero-order chi connectivity index (χ0) is 17.9. The summed E-state index contributed by atoms with van der Waals surface area (Å²) >= 11 is 0. The van der Waals surface area contributed by atoms with Crippen LogP contribution in [0, 0.1) is 0 Å². The zero-order valence-corrected chi connectivity index (χ0v) is 14.4. The Hall–Kier alpha value is -2.91. The maximum absolute atomic E-state index is 12.6. The van der Waals surface area contributed by atoms with Crippen LogP contribution in [0.5, 0.6) is 5.75 Å². The van der Waals surface area contributed by atoms with E-state index < -0.39 is 0 Å². The third-order valence-electron chi connectivity index (χ3n) is 5.01. The Bertz CT molecular complexity index is 903. The molecule has 0 radical (unpaired) electrons. The molecule has 4 rings (SSSR count). The van der Waals surface area contributed by atoms with Gasteiger partial charge in [0, 0.05) is 24.1 Å². The summed E-state index contributed by atoms with van der Waals surface area (Å²) < 4.78 is 0. The normalized spacial score (nSPS) is 18.5. The van der Waals surface area contributed by atoms with Gasteiger partial charge < -0.3 is 10.4 Å². The van der Waals surface area contributed by atoms with Crippen LogP contribution in [0.1, 0.15) is 45.6 Å². The summed E-state index contributed by atoms with van der Waals surface area (Å²) in [6, 6.07) is 25.3. The van der Waals surface area contributed by atoms with E-state index in [-0.39, 0.29) is 23.6 Å². The lowest BCUT2D eigenvalue weighted by Crippen LogP contribution is -2.21. The summed E-state index contributed by atoms with van der Waals surface area (Å²) in [7, 11) is 0. The first-order chi connectivity index (χ1) is 12.7. The number of fused-ring (bicyclic) bond motifs is 1. The molecular weight excluding hydrogens is 322 g/mol. The highest BCUT2D eigenvalue weighted by Gasteiger charge is 2.31. The predicted molar refractivity (Wildman–Crippen MR) is 102 cm³/mol. The summed E-state index contributed by atoms with van der Waals surface area (Å²) in [6.07, 6.45) is 1.28. The van der Waals surface area contributed by atoms with Crippen LogP contribution in [-0.2, 0) is 6.42 Å². The number of hydrogen-bond acceptors (Lipinski definition) is 3. The molecule has 0 amide bonds. The maximum atomic E-state index is 12.6. The second kappa shape index (κ2) is 7.14. The van der Waals surface area contributed by atoms with Crippen molar-refractivity contribution < 1.29 is 9.90 Å². The van der Waals surface area contributed by atoms with Gasteiger partial charge in [0.15, 0.2) is 5.78 Å². The molecule has 3 aromatic carbocycles. The molecule has 2 unspecified atom stereocenters. The topological polar surface area (TPSA) is 49.3 Å². The van der Waals surface area contributed by atoms with Crippen molar-refractivity contribution in [3.63, 3.8) is 0 Å². The molecule has 0 bridgehead atoms. The minimum atomic E-state index is 0.0287. The number of hydrogen-bond donors (Lipinski definition) is 2. The Kier molecular flexibility index (Phi) is 4.55. The molecule has 2 atom stereocenters. The van der Waals surface area contributed by atoms with Crippen molar-refractivity contribution >= 4 is 5.78 Å². The number of carbonyl (C=O) groups excluding carboxylic acids is 1. The van der Waals surface area contributed by atoms with Gasteiger partial charge >= 0.3 is 0 Å². The van der Waals surface area contributed by atoms with E-state index in [1.54, 1.807) is 12.1 Å². The van der Waals surface area contributed by atoms with Crippen LogP contribution in [0.15, 0.2) is 78.9 Å². The van der Waals surface area contributed by atoms with E-state index in [9.17, 15) is 9.90 Å². The molecule has 1 heterocycles. The number of phenols is 1. The largest absolute Gasteiger partial charge is 0.508 e. The Balaban J connectivity index is 1.54. The number of phenolic OH excluding ortho intramolecular Hbond substituents is 1. The minimum absolute atomic E-state index is 0.0287. The van der Waals surface area contributed by atoms with Gasteiger partial charge in [-0.25, -0.2) is 0 Å². The Morgan fingerprint density at radius 2 is 1.42 bits per heavy atom. The fourth-order valence-electron chi connectivity index (χ4n) is 3.70. The van der Waals surface area contributed by atoms with Crippen molar-refractivity contribution in [3.8, 4) is 5.75 Å². The molecule has 3 heteroatoms. The first-order valence-corrected chi connectivity index (χ1v) is 8.92. The summed E-state index contributed by atoms with van der Waals surface area (Å²) in [5.74, 6) is 0.433. The SMILES string of the molecule is O=C(CC1NC(Cc2ccc(O)cc2)c2ccccc21)c1ccccc1. The third-order valence-corrected chi connectivity index (χ3v) is 5.01. The van der Waals surface area contributed by atoms with Crippen LogP contribution in [0.3, 0.4) is 0 Å². The van der Waals surface area contributed by atoms with Crippen molar-refractivity contribution in [2.24, 2.45) is 0 Å². The fourth-order valence-corrected chi connectivity index (χ4v) is 3.70. The van der Waals surface area contributed by atoms with Crippen LogP contribution in [0.25, 0.3) is 0 Å².